The van der Waals surface area contributed by atoms with Crippen molar-refractivity contribution in [3.63, 3.8) is 0 Å². The van der Waals surface area contributed by atoms with Gasteiger partial charge in [0.2, 0.25) is 0 Å². The molecule has 2 aliphatic rings. The van der Waals surface area contributed by atoms with Crippen LogP contribution in [0.2, 0.25) is 0 Å². The van der Waals surface area contributed by atoms with Crippen molar-refractivity contribution >= 4 is 61.5 Å². The third-order valence-electron chi connectivity index (χ3n) is 6.80. The zero-order valence-electron chi connectivity index (χ0n) is 20.4. The third-order valence-corrected chi connectivity index (χ3v) is 8.13. The Bertz CT molecular complexity index is 1380. The highest BCUT2D eigenvalue weighted by Crippen LogP contribution is 2.32. The molecule has 5 rings (SSSR count). The van der Waals surface area contributed by atoms with E-state index in [1.165, 1.54) is 11.1 Å². The largest absolute Gasteiger partial charge is 0.483 e. The number of nitrogens with zero attached hydrogens (tertiary/aromatic N) is 4. The fourth-order valence-corrected chi connectivity index (χ4v) is 5.84. The first-order valence-corrected chi connectivity index (χ1v) is 14.4. The molecule has 1 amide bonds. The molecule has 194 valence electrons. The second-order valence-electron chi connectivity index (χ2n) is 9.30. The van der Waals surface area contributed by atoms with Gasteiger partial charge >= 0.3 is 0 Å². The maximum atomic E-state index is 13.5. The summed E-state index contributed by atoms with van der Waals surface area (Å²) in [6.07, 6.45) is 7.19. The summed E-state index contributed by atoms with van der Waals surface area (Å²) in [6, 6.07) is 11.2. The van der Waals surface area contributed by atoms with Crippen LogP contribution in [-0.2, 0) is 9.53 Å². The van der Waals surface area contributed by atoms with Crippen molar-refractivity contribution in [3.05, 3.63) is 66.2 Å². The summed E-state index contributed by atoms with van der Waals surface area (Å²) in [5, 5.41) is 5.16. The van der Waals surface area contributed by atoms with E-state index in [0.717, 1.165) is 45.1 Å². The number of halogens is 2. The molecule has 0 N–H and O–H groups in total. The molecule has 1 aliphatic carbocycles. The monoisotopic (exact) mass is 678 g/mol. The fraction of sp³-hybridized carbons (Fsp3) is 0.407. The van der Waals surface area contributed by atoms with Gasteiger partial charge in [-0.3, -0.25) is 9.59 Å². The van der Waals surface area contributed by atoms with Crippen molar-refractivity contribution in [2.24, 2.45) is 5.10 Å². The zero-order chi connectivity index (χ0) is 25.8. The van der Waals surface area contributed by atoms with Gasteiger partial charge in [0.25, 0.3) is 11.5 Å². The van der Waals surface area contributed by atoms with Gasteiger partial charge in [-0.15, -0.1) is 0 Å². The lowest BCUT2D eigenvalue weighted by atomic mass is 9.88. The zero-order valence-corrected chi connectivity index (χ0v) is 24.1. The quantitative estimate of drug-likeness (QED) is 0.273. The van der Waals surface area contributed by atoms with Gasteiger partial charge < -0.3 is 14.4 Å². The maximum Gasteiger partial charge on any atom is 0.282 e. The van der Waals surface area contributed by atoms with Crippen LogP contribution >= 0.6 is 38.5 Å². The highest BCUT2D eigenvalue weighted by molar-refractivity contribution is 14.1. The second-order valence-corrected chi connectivity index (χ2v) is 11.4. The van der Waals surface area contributed by atoms with Crippen LogP contribution in [0, 0.1) is 3.57 Å². The number of hydrogen-bond donors (Lipinski definition) is 0. The van der Waals surface area contributed by atoms with Crippen LogP contribution in [0.4, 0.5) is 0 Å². The average molecular weight is 679 g/mol. The standard InChI is InChI=1S/C27H28BrIN4O4/c28-20-7-8-23-21(15-20)27(35)33(26(31-23)19-4-2-1-3-5-19)30-16-18-6-9-24(22(29)14-18)37-17-25(34)32-10-12-36-13-11-32/h6-9,14-16,19H,1-5,10-13,17H2. The summed E-state index contributed by atoms with van der Waals surface area (Å²) < 4.78 is 14.3. The molecular formula is C27H28BrIN4O4. The summed E-state index contributed by atoms with van der Waals surface area (Å²) in [7, 11) is 0. The molecule has 0 radical (unpaired) electrons. The van der Waals surface area contributed by atoms with Gasteiger partial charge in [-0.1, -0.05) is 35.2 Å². The molecule has 1 aromatic heterocycles. The average Bonchev–Trinajstić information content (AvgIpc) is 2.93. The van der Waals surface area contributed by atoms with E-state index in [0.29, 0.717) is 43.0 Å². The second kappa shape index (κ2) is 12.0. The predicted molar refractivity (Wildman–Crippen MR) is 155 cm³/mol. The summed E-state index contributed by atoms with van der Waals surface area (Å²) >= 11 is 5.65. The molecule has 2 fully saturated rings. The van der Waals surface area contributed by atoms with Gasteiger partial charge in [0.05, 0.1) is 33.9 Å². The fourth-order valence-electron chi connectivity index (χ4n) is 4.78. The molecule has 1 saturated carbocycles. The van der Waals surface area contributed by atoms with Crippen LogP contribution in [0.25, 0.3) is 10.9 Å². The summed E-state index contributed by atoms with van der Waals surface area (Å²) in [6.45, 7) is 2.30. The molecule has 0 atom stereocenters. The highest BCUT2D eigenvalue weighted by Gasteiger charge is 2.23. The van der Waals surface area contributed by atoms with Crippen LogP contribution in [0.15, 0.2) is 50.8 Å². The maximum absolute atomic E-state index is 13.5. The number of rotatable bonds is 6. The van der Waals surface area contributed by atoms with Crippen molar-refractivity contribution < 1.29 is 14.3 Å². The van der Waals surface area contributed by atoms with Crippen molar-refractivity contribution in [1.29, 1.82) is 0 Å². The number of morpholine rings is 1. The van der Waals surface area contributed by atoms with Crippen LogP contribution < -0.4 is 10.3 Å². The summed E-state index contributed by atoms with van der Waals surface area (Å²) in [5.41, 5.74) is 1.36. The van der Waals surface area contributed by atoms with E-state index < -0.39 is 0 Å². The molecule has 0 spiro atoms. The van der Waals surface area contributed by atoms with E-state index in [4.69, 9.17) is 14.5 Å². The molecule has 2 heterocycles. The van der Waals surface area contributed by atoms with E-state index in [-0.39, 0.29) is 24.0 Å². The Balaban J connectivity index is 1.38. The van der Waals surface area contributed by atoms with Crippen molar-refractivity contribution in [2.75, 3.05) is 32.9 Å². The van der Waals surface area contributed by atoms with Gasteiger partial charge in [-0.25, -0.2) is 4.98 Å². The number of hydrogen-bond acceptors (Lipinski definition) is 6. The van der Waals surface area contributed by atoms with E-state index >= 15 is 0 Å². The Morgan fingerprint density at radius 2 is 1.95 bits per heavy atom. The van der Waals surface area contributed by atoms with Crippen molar-refractivity contribution in [2.45, 2.75) is 38.0 Å². The minimum absolute atomic E-state index is 0.0120. The third kappa shape index (κ3) is 6.23. The molecule has 0 unspecified atom stereocenters. The summed E-state index contributed by atoms with van der Waals surface area (Å²) in [4.78, 5) is 32.5. The first-order chi connectivity index (χ1) is 18.0. The lowest BCUT2D eigenvalue weighted by molar-refractivity contribution is -0.137. The number of carbonyl (C=O) groups is 1. The molecule has 8 nitrogen and oxygen atoms in total. The Morgan fingerprint density at radius 3 is 2.70 bits per heavy atom. The van der Waals surface area contributed by atoms with Crippen LogP contribution in [-0.4, -0.2) is 59.6 Å². The van der Waals surface area contributed by atoms with E-state index in [2.05, 4.69) is 43.6 Å². The molecule has 37 heavy (non-hydrogen) atoms. The minimum atomic E-state index is -0.167. The molecule has 1 saturated heterocycles. The molecular weight excluding hydrogens is 651 g/mol. The van der Waals surface area contributed by atoms with Crippen LogP contribution in [0.5, 0.6) is 5.75 Å². The van der Waals surface area contributed by atoms with Crippen LogP contribution in [0.1, 0.15) is 49.4 Å². The topological polar surface area (TPSA) is 86.0 Å². The lowest BCUT2D eigenvalue weighted by Crippen LogP contribution is -2.43. The number of carbonyl (C=O) groups excluding carboxylic acids is 1. The highest BCUT2D eigenvalue weighted by atomic mass is 127. The smallest absolute Gasteiger partial charge is 0.282 e. The predicted octanol–water partition coefficient (Wildman–Crippen LogP) is 4.93. The number of benzene rings is 2. The minimum Gasteiger partial charge on any atom is -0.483 e. The SMILES string of the molecule is O=C(COc1ccc(C=Nn2c(C3CCCCC3)nc3ccc(Br)cc3c2=O)cc1I)N1CCOCC1. The molecule has 2 aromatic carbocycles. The van der Waals surface area contributed by atoms with Crippen molar-refractivity contribution in [1.82, 2.24) is 14.6 Å². The normalized spacial score (nSPS) is 17.0. The number of aromatic nitrogens is 2. The lowest BCUT2D eigenvalue weighted by Gasteiger charge is -2.26. The molecule has 3 aromatic rings. The number of fused-ring (bicyclic) bond motifs is 1. The molecule has 10 heteroatoms. The molecule has 0 bridgehead atoms. The van der Waals surface area contributed by atoms with Gasteiger partial charge in [-0.05, 0) is 77.4 Å². The number of amides is 1. The Morgan fingerprint density at radius 1 is 1.16 bits per heavy atom. The van der Waals surface area contributed by atoms with Gasteiger partial charge in [-0.2, -0.15) is 9.78 Å². The number of ether oxygens (including phenoxy) is 2. The van der Waals surface area contributed by atoms with Crippen molar-refractivity contribution in [3.8, 4) is 5.75 Å². The van der Waals surface area contributed by atoms with E-state index in [1.807, 2.05) is 30.3 Å². The first kappa shape index (κ1) is 26.3. The van der Waals surface area contributed by atoms with Gasteiger partial charge in [0.1, 0.15) is 11.6 Å². The van der Waals surface area contributed by atoms with Gasteiger partial charge in [0, 0.05) is 23.5 Å². The van der Waals surface area contributed by atoms with Crippen LogP contribution in [0.3, 0.4) is 0 Å². The van der Waals surface area contributed by atoms with E-state index in [1.54, 1.807) is 17.2 Å². The molecule has 1 aliphatic heterocycles. The Hall–Kier alpha value is -2.31. The first-order valence-electron chi connectivity index (χ1n) is 12.5. The van der Waals surface area contributed by atoms with Gasteiger partial charge in [0.15, 0.2) is 6.61 Å². The Labute approximate surface area is 237 Å². The summed E-state index contributed by atoms with van der Waals surface area (Å²) in [5.74, 6) is 1.53. The van der Waals surface area contributed by atoms with E-state index in [9.17, 15) is 9.59 Å². The Kier molecular flexibility index (Phi) is 8.56.